The first-order chi connectivity index (χ1) is 28.6. The number of furan rings is 1. The molecule has 0 atom stereocenters. The number of hydrogen-bond donors (Lipinski definition) is 0. The van der Waals surface area contributed by atoms with E-state index in [2.05, 4.69) is 179 Å². The van der Waals surface area contributed by atoms with Gasteiger partial charge in [0.2, 0.25) is 0 Å². The van der Waals surface area contributed by atoms with Crippen molar-refractivity contribution >= 4 is 54.8 Å². The van der Waals surface area contributed by atoms with E-state index in [9.17, 15) is 0 Å². The van der Waals surface area contributed by atoms with E-state index < -0.39 is 0 Å². The van der Waals surface area contributed by atoms with Gasteiger partial charge < -0.3 is 18.3 Å². The van der Waals surface area contributed by atoms with Crippen LogP contribution in [0.5, 0.6) is 11.5 Å². The maximum absolute atomic E-state index is 6.65. The van der Waals surface area contributed by atoms with Gasteiger partial charge in [0.05, 0.1) is 16.7 Å². The van der Waals surface area contributed by atoms with E-state index in [0.717, 1.165) is 72.0 Å². The van der Waals surface area contributed by atoms with Crippen molar-refractivity contribution in [3.8, 4) is 28.7 Å². The fraction of sp³-hybridized carbons (Fsp3) is 0.222. The van der Waals surface area contributed by atoms with Gasteiger partial charge >= 0.3 is 0 Å². The van der Waals surface area contributed by atoms with Crippen molar-refractivity contribution in [2.45, 2.75) is 78.6 Å². The predicted molar refractivity (Wildman–Crippen MR) is 243 cm³/mol. The number of nitrogens with zero attached hydrogens (tertiary/aromatic N) is 4. The Morgan fingerprint density at radius 2 is 1.28 bits per heavy atom. The van der Waals surface area contributed by atoms with E-state index in [1.165, 1.54) is 16.7 Å². The second-order valence-corrected chi connectivity index (χ2v) is 19.1. The largest absolute Gasteiger partial charge is 0.510 e. The number of pyridine rings is 1. The summed E-state index contributed by atoms with van der Waals surface area (Å²) in [5.74, 6) is 1.97. The van der Waals surface area contributed by atoms with Crippen LogP contribution in [0.15, 0.2) is 132 Å². The Labute approximate surface area is 371 Å². The average Bonchev–Trinajstić information content (AvgIpc) is 3.88. The Bertz CT molecular complexity index is 3280. The number of hydrogen-bond acceptors (Lipinski definition) is 3. The van der Waals surface area contributed by atoms with Crippen LogP contribution in [-0.4, -0.2) is 14.1 Å². The van der Waals surface area contributed by atoms with E-state index in [1.54, 1.807) is 0 Å². The molecule has 0 saturated heterocycles. The molecule has 0 aliphatic rings. The molecule has 6 aromatic carbocycles. The fourth-order valence-electron chi connectivity index (χ4n) is 8.22. The maximum atomic E-state index is 6.65. The molecule has 10 rings (SSSR count). The van der Waals surface area contributed by atoms with Crippen molar-refractivity contribution in [2.75, 3.05) is 0 Å². The van der Waals surface area contributed by atoms with Gasteiger partial charge in [-0.2, -0.15) is 18.2 Å². The minimum atomic E-state index is -0.0586. The molecule has 4 aromatic heterocycles. The Kier molecular flexibility index (Phi) is 9.67. The van der Waals surface area contributed by atoms with Crippen molar-refractivity contribution in [3.63, 3.8) is 0 Å². The summed E-state index contributed by atoms with van der Waals surface area (Å²) in [5, 5.41) is 4.23. The summed E-state index contributed by atoms with van der Waals surface area (Å²) in [6.07, 6.45) is 5.59. The Balaban J connectivity index is 0.00000476. The molecule has 0 amide bonds. The maximum Gasteiger partial charge on any atom is 0.268 e. The zero-order valence-corrected chi connectivity index (χ0v) is 38.3. The molecule has 10 aromatic rings. The van der Waals surface area contributed by atoms with Crippen LogP contribution in [0.25, 0.3) is 72.0 Å². The molecule has 0 radical (unpaired) electrons. The Morgan fingerprint density at radius 3 is 2.03 bits per heavy atom. The van der Waals surface area contributed by atoms with Crippen LogP contribution in [0.3, 0.4) is 0 Å². The summed E-state index contributed by atoms with van der Waals surface area (Å²) in [6, 6.07) is 49.5. The number of ether oxygens (including phenoxy) is 1. The number of fused-ring (bicyclic) bond motifs is 7. The SMILES string of the molecule is CC(C)(C)c1cc(-[n+]2[c-]n(-c3[c-]c(Oc4[c-]c5c(cc4)c4cc6oc7ccccc7c6cc4n5-c4cc(C(C)(C)C)ccn4)ccc3)c3ccccc32)cc(C(C)(C)C)c1.[Pt]. The predicted octanol–water partition coefficient (Wildman–Crippen LogP) is 13.4. The smallest absolute Gasteiger partial charge is 0.268 e. The number of para-hydroxylation sites is 3. The van der Waals surface area contributed by atoms with E-state index >= 15 is 0 Å². The van der Waals surface area contributed by atoms with Crippen molar-refractivity contribution in [2.24, 2.45) is 0 Å². The first-order valence-electron chi connectivity index (χ1n) is 20.7. The van der Waals surface area contributed by atoms with Gasteiger partial charge in [0, 0.05) is 55.1 Å². The topological polar surface area (TPSA) is 49.0 Å². The summed E-state index contributed by atoms with van der Waals surface area (Å²) in [7, 11) is 0. The van der Waals surface area contributed by atoms with Crippen LogP contribution in [0.2, 0.25) is 0 Å². The number of rotatable bonds is 5. The van der Waals surface area contributed by atoms with Crippen molar-refractivity contribution < 1.29 is 34.8 Å². The van der Waals surface area contributed by atoms with Gasteiger partial charge in [0.25, 0.3) is 6.33 Å². The normalized spacial score (nSPS) is 12.5. The molecule has 7 heteroatoms. The van der Waals surface area contributed by atoms with E-state index in [0.29, 0.717) is 11.5 Å². The van der Waals surface area contributed by atoms with Crippen molar-refractivity contribution in [1.82, 2.24) is 14.1 Å². The molecule has 0 unspecified atom stereocenters. The third kappa shape index (κ3) is 7.15. The summed E-state index contributed by atoms with van der Waals surface area (Å²) in [6.45, 7) is 20.3. The van der Waals surface area contributed by atoms with Crippen LogP contribution in [0.4, 0.5) is 0 Å². The molecular formula is C54H48N4O2Pt-2. The van der Waals surface area contributed by atoms with E-state index in [-0.39, 0.29) is 37.3 Å². The van der Waals surface area contributed by atoms with E-state index in [4.69, 9.17) is 14.1 Å². The van der Waals surface area contributed by atoms with Gasteiger partial charge in [-0.1, -0.05) is 116 Å². The molecule has 0 bridgehead atoms. The average molecular weight is 980 g/mol. The van der Waals surface area contributed by atoms with Crippen molar-refractivity contribution in [1.29, 1.82) is 0 Å². The third-order valence-electron chi connectivity index (χ3n) is 11.7. The number of aromatic nitrogens is 4. The summed E-state index contributed by atoms with van der Waals surface area (Å²) in [4.78, 5) is 4.93. The molecule has 61 heavy (non-hydrogen) atoms. The molecule has 0 saturated carbocycles. The molecule has 308 valence electrons. The van der Waals surface area contributed by atoms with Gasteiger partial charge in [0.15, 0.2) is 0 Å². The Hall–Kier alpha value is -5.97. The number of benzene rings is 6. The van der Waals surface area contributed by atoms with Gasteiger partial charge in [0.1, 0.15) is 17.0 Å². The monoisotopic (exact) mass is 979 g/mol. The van der Waals surface area contributed by atoms with Gasteiger partial charge in [-0.25, -0.2) is 4.98 Å². The molecule has 4 heterocycles. The van der Waals surface area contributed by atoms with Gasteiger partial charge in [-0.15, -0.1) is 29.7 Å². The molecule has 0 aliphatic heterocycles. The van der Waals surface area contributed by atoms with Crippen LogP contribution in [0, 0.1) is 18.5 Å². The first kappa shape index (κ1) is 40.4. The van der Waals surface area contributed by atoms with E-state index in [1.807, 2.05) is 42.6 Å². The van der Waals surface area contributed by atoms with Crippen LogP contribution in [-0.2, 0) is 37.3 Å². The third-order valence-corrected chi connectivity index (χ3v) is 11.7. The second kappa shape index (κ2) is 14.6. The molecule has 0 spiro atoms. The zero-order chi connectivity index (χ0) is 41.7. The molecular weight excluding hydrogens is 932 g/mol. The Morgan fingerprint density at radius 1 is 0.574 bits per heavy atom. The fourth-order valence-corrected chi connectivity index (χ4v) is 8.22. The second-order valence-electron chi connectivity index (χ2n) is 19.1. The summed E-state index contributed by atoms with van der Waals surface area (Å²) < 4.78 is 19.4. The zero-order valence-electron chi connectivity index (χ0n) is 36.0. The molecule has 6 nitrogen and oxygen atoms in total. The van der Waals surface area contributed by atoms with Gasteiger partial charge in [-0.3, -0.25) is 4.57 Å². The molecule has 0 N–H and O–H groups in total. The minimum absolute atomic E-state index is 0. The number of imidazole rings is 1. The van der Waals surface area contributed by atoms with Crippen LogP contribution < -0.4 is 9.30 Å². The quantitative estimate of drug-likeness (QED) is 0.128. The minimum Gasteiger partial charge on any atom is -0.510 e. The van der Waals surface area contributed by atoms with Gasteiger partial charge in [-0.05, 0) is 86.5 Å². The molecule has 0 fully saturated rings. The molecule has 0 aliphatic carbocycles. The first-order valence-corrected chi connectivity index (χ1v) is 20.7. The summed E-state index contributed by atoms with van der Waals surface area (Å²) in [5.41, 5.74) is 11.3. The van der Waals surface area contributed by atoms with Crippen LogP contribution >= 0.6 is 0 Å². The van der Waals surface area contributed by atoms with Crippen LogP contribution in [0.1, 0.15) is 79.0 Å². The van der Waals surface area contributed by atoms with Crippen molar-refractivity contribution in [3.05, 3.63) is 163 Å². The standard InChI is InChI=1S/C54H48N4O2.Pt/c1-52(2,3)34-23-24-55-51(28-34)58-47-30-40(21-22-41(47)43-32-50-44(31-48(43)58)42-17-10-13-20-49(42)60-50)59-39-16-14-15-37(29-39)56-33-57(46-19-12-11-18-45(46)56)38-26-35(53(4,5)6)25-36(27-38)54(7,8)9;/h10-28,31-32H,1-9H3;/q-2;. The summed E-state index contributed by atoms with van der Waals surface area (Å²) >= 11 is 0.